The summed E-state index contributed by atoms with van der Waals surface area (Å²) >= 11 is 0. The van der Waals surface area contributed by atoms with E-state index in [9.17, 15) is 0 Å². The minimum Gasteiger partial charge on any atom is -0.330 e. The molecule has 0 radical (unpaired) electrons. The first-order valence-electron chi connectivity index (χ1n) is 8.31. The molecular formula is C16H30N2. The molecule has 2 nitrogen and oxygen atoms in total. The van der Waals surface area contributed by atoms with Gasteiger partial charge in [-0.15, -0.1) is 0 Å². The second-order valence-corrected chi connectivity index (χ2v) is 7.02. The zero-order valence-corrected chi connectivity index (χ0v) is 11.8. The van der Waals surface area contributed by atoms with Crippen molar-refractivity contribution >= 4 is 0 Å². The van der Waals surface area contributed by atoms with E-state index in [2.05, 4.69) is 4.90 Å². The molecule has 2 unspecified atom stereocenters. The van der Waals surface area contributed by atoms with Gasteiger partial charge >= 0.3 is 0 Å². The van der Waals surface area contributed by atoms with Gasteiger partial charge in [0.25, 0.3) is 0 Å². The van der Waals surface area contributed by atoms with Crippen molar-refractivity contribution in [2.75, 3.05) is 19.6 Å². The molecule has 18 heavy (non-hydrogen) atoms. The second kappa shape index (κ2) is 5.92. The summed E-state index contributed by atoms with van der Waals surface area (Å²) in [5, 5.41) is 0. The van der Waals surface area contributed by atoms with Crippen LogP contribution in [0.3, 0.4) is 0 Å². The number of rotatable bonds is 3. The van der Waals surface area contributed by atoms with Crippen molar-refractivity contribution in [1.82, 2.24) is 4.90 Å². The molecule has 1 saturated heterocycles. The SMILES string of the molecule is NCC1CCC(CN2CCC3CCCCC32)CC1. The van der Waals surface area contributed by atoms with Crippen molar-refractivity contribution in [2.45, 2.75) is 63.8 Å². The summed E-state index contributed by atoms with van der Waals surface area (Å²) in [5.74, 6) is 2.87. The van der Waals surface area contributed by atoms with Crippen LogP contribution in [-0.4, -0.2) is 30.6 Å². The van der Waals surface area contributed by atoms with Crippen molar-refractivity contribution in [3.8, 4) is 0 Å². The Labute approximate surface area is 112 Å². The van der Waals surface area contributed by atoms with Crippen molar-refractivity contribution in [2.24, 2.45) is 23.5 Å². The fourth-order valence-corrected chi connectivity index (χ4v) is 4.71. The van der Waals surface area contributed by atoms with Crippen molar-refractivity contribution < 1.29 is 0 Å². The fraction of sp³-hybridized carbons (Fsp3) is 1.00. The molecule has 0 aromatic rings. The van der Waals surface area contributed by atoms with Gasteiger partial charge in [0.2, 0.25) is 0 Å². The molecule has 2 aliphatic carbocycles. The largest absolute Gasteiger partial charge is 0.330 e. The Hall–Kier alpha value is -0.0800. The first kappa shape index (κ1) is 12.9. The molecule has 2 atom stereocenters. The van der Waals surface area contributed by atoms with E-state index < -0.39 is 0 Å². The van der Waals surface area contributed by atoms with Crippen LogP contribution in [0.2, 0.25) is 0 Å². The highest BCUT2D eigenvalue weighted by molar-refractivity contribution is 4.91. The van der Waals surface area contributed by atoms with Gasteiger partial charge in [0.15, 0.2) is 0 Å². The number of fused-ring (bicyclic) bond motifs is 1. The van der Waals surface area contributed by atoms with Crippen LogP contribution in [0.15, 0.2) is 0 Å². The standard InChI is InChI=1S/C16H30N2/c17-11-13-5-7-14(8-6-13)12-18-10-9-15-3-1-2-4-16(15)18/h13-16H,1-12,17H2. The highest BCUT2D eigenvalue weighted by Gasteiger charge is 2.36. The minimum atomic E-state index is 0.835. The Morgan fingerprint density at radius 3 is 2.33 bits per heavy atom. The van der Waals surface area contributed by atoms with Gasteiger partial charge < -0.3 is 5.73 Å². The maximum Gasteiger partial charge on any atom is 0.0124 e. The monoisotopic (exact) mass is 250 g/mol. The lowest BCUT2D eigenvalue weighted by atomic mass is 9.81. The van der Waals surface area contributed by atoms with Gasteiger partial charge in [-0.1, -0.05) is 12.8 Å². The Bertz CT molecular complexity index is 258. The van der Waals surface area contributed by atoms with Gasteiger partial charge in [-0.3, -0.25) is 4.90 Å². The summed E-state index contributed by atoms with van der Waals surface area (Å²) in [5.41, 5.74) is 5.79. The fourth-order valence-electron chi connectivity index (χ4n) is 4.71. The quantitative estimate of drug-likeness (QED) is 0.834. The number of hydrogen-bond donors (Lipinski definition) is 1. The van der Waals surface area contributed by atoms with E-state index in [-0.39, 0.29) is 0 Å². The highest BCUT2D eigenvalue weighted by atomic mass is 15.2. The Balaban J connectivity index is 1.48. The van der Waals surface area contributed by atoms with Gasteiger partial charge in [0.05, 0.1) is 0 Å². The molecule has 0 spiro atoms. The van der Waals surface area contributed by atoms with E-state index in [0.717, 1.165) is 30.3 Å². The molecule has 0 amide bonds. The lowest BCUT2D eigenvalue weighted by molar-refractivity contribution is 0.137. The summed E-state index contributed by atoms with van der Waals surface area (Å²) in [6.07, 6.45) is 13.1. The normalized spacial score (nSPS) is 41.8. The lowest BCUT2D eigenvalue weighted by Crippen LogP contribution is -2.39. The first-order valence-corrected chi connectivity index (χ1v) is 8.31. The van der Waals surface area contributed by atoms with Gasteiger partial charge in [-0.05, 0) is 75.8 Å². The minimum absolute atomic E-state index is 0.835. The smallest absolute Gasteiger partial charge is 0.0124 e. The first-order chi connectivity index (χ1) is 8.86. The van der Waals surface area contributed by atoms with Crippen LogP contribution in [0.25, 0.3) is 0 Å². The molecule has 2 heteroatoms. The summed E-state index contributed by atoms with van der Waals surface area (Å²) < 4.78 is 0. The summed E-state index contributed by atoms with van der Waals surface area (Å²) in [6, 6.07) is 0.964. The van der Waals surface area contributed by atoms with Gasteiger partial charge in [0.1, 0.15) is 0 Å². The third-order valence-electron chi connectivity index (χ3n) is 5.92. The predicted octanol–water partition coefficient (Wildman–Crippen LogP) is 3.02. The van der Waals surface area contributed by atoms with Gasteiger partial charge in [0, 0.05) is 12.6 Å². The van der Waals surface area contributed by atoms with E-state index in [1.54, 1.807) is 0 Å². The molecule has 2 saturated carbocycles. The third-order valence-corrected chi connectivity index (χ3v) is 5.92. The zero-order valence-electron chi connectivity index (χ0n) is 11.8. The van der Waals surface area contributed by atoms with E-state index >= 15 is 0 Å². The Kier molecular flexibility index (Phi) is 4.25. The summed E-state index contributed by atoms with van der Waals surface area (Å²) in [4.78, 5) is 2.86. The van der Waals surface area contributed by atoms with Crippen LogP contribution in [0, 0.1) is 17.8 Å². The van der Waals surface area contributed by atoms with E-state index in [1.807, 2.05) is 0 Å². The van der Waals surface area contributed by atoms with Gasteiger partial charge in [-0.25, -0.2) is 0 Å². The van der Waals surface area contributed by atoms with Crippen LogP contribution < -0.4 is 5.73 Å². The second-order valence-electron chi connectivity index (χ2n) is 7.02. The molecular weight excluding hydrogens is 220 g/mol. The van der Waals surface area contributed by atoms with Crippen LogP contribution in [0.4, 0.5) is 0 Å². The van der Waals surface area contributed by atoms with Crippen molar-refractivity contribution in [1.29, 1.82) is 0 Å². The molecule has 3 fully saturated rings. The Morgan fingerprint density at radius 2 is 1.56 bits per heavy atom. The van der Waals surface area contributed by atoms with Crippen LogP contribution in [-0.2, 0) is 0 Å². The molecule has 2 N–H and O–H groups in total. The molecule has 1 aliphatic heterocycles. The van der Waals surface area contributed by atoms with Crippen LogP contribution >= 0.6 is 0 Å². The van der Waals surface area contributed by atoms with Gasteiger partial charge in [-0.2, -0.15) is 0 Å². The molecule has 1 heterocycles. The van der Waals surface area contributed by atoms with E-state index in [0.29, 0.717) is 0 Å². The lowest BCUT2D eigenvalue weighted by Gasteiger charge is -2.36. The number of nitrogens with zero attached hydrogens (tertiary/aromatic N) is 1. The molecule has 0 aromatic heterocycles. The van der Waals surface area contributed by atoms with Crippen LogP contribution in [0.1, 0.15) is 57.8 Å². The maximum atomic E-state index is 5.79. The van der Waals surface area contributed by atoms with Crippen molar-refractivity contribution in [3.05, 3.63) is 0 Å². The van der Waals surface area contributed by atoms with E-state index in [1.165, 1.54) is 70.9 Å². The predicted molar refractivity (Wildman–Crippen MR) is 76.4 cm³/mol. The Morgan fingerprint density at radius 1 is 0.833 bits per heavy atom. The van der Waals surface area contributed by atoms with Crippen molar-refractivity contribution in [3.63, 3.8) is 0 Å². The summed E-state index contributed by atoms with van der Waals surface area (Å²) in [7, 11) is 0. The average molecular weight is 250 g/mol. The number of hydrogen-bond acceptors (Lipinski definition) is 2. The molecule has 0 aromatic carbocycles. The highest BCUT2D eigenvalue weighted by Crippen LogP contribution is 2.38. The maximum absolute atomic E-state index is 5.79. The number of likely N-dealkylation sites (tertiary alicyclic amines) is 1. The van der Waals surface area contributed by atoms with E-state index in [4.69, 9.17) is 5.73 Å². The third kappa shape index (κ3) is 2.75. The molecule has 0 bridgehead atoms. The number of nitrogens with two attached hydrogens (primary N) is 1. The molecule has 104 valence electrons. The molecule has 3 rings (SSSR count). The summed E-state index contributed by atoms with van der Waals surface area (Å²) in [6.45, 7) is 3.71. The van der Waals surface area contributed by atoms with Crippen LogP contribution in [0.5, 0.6) is 0 Å². The topological polar surface area (TPSA) is 29.3 Å². The zero-order chi connectivity index (χ0) is 12.4. The molecule has 3 aliphatic rings. The average Bonchev–Trinajstić information content (AvgIpc) is 2.83.